The lowest BCUT2D eigenvalue weighted by molar-refractivity contribution is -0.152. The molecule has 9 heteroatoms. The first-order valence-electron chi connectivity index (χ1n) is 19.9. The number of aliphatic hydroxyl groups excluding tert-OH is 1. The van der Waals surface area contributed by atoms with Crippen molar-refractivity contribution in [2.45, 2.75) is 215 Å². The number of carboxylic acid groups (broad SMARTS) is 2. The van der Waals surface area contributed by atoms with E-state index in [1.807, 2.05) is 6.92 Å². The molecule has 0 aliphatic heterocycles. The van der Waals surface area contributed by atoms with Crippen molar-refractivity contribution in [3.63, 3.8) is 0 Å². The van der Waals surface area contributed by atoms with Gasteiger partial charge in [0.25, 0.3) is 0 Å². The van der Waals surface area contributed by atoms with Crippen LogP contribution >= 0.6 is 0 Å². The predicted octanol–water partition coefficient (Wildman–Crippen LogP) is 10.7. The van der Waals surface area contributed by atoms with Crippen molar-refractivity contribution >= 4 is 23.9 Å². The molecule has 0 aromatic rings. The number of hydrogen-bond acceptors (Lipinski definition) is 7. The molecule has 4 atom stereocenters. The second kappa shape index (κ2) is 38.6. The highest BCUT2D eigenvalue weighted by molar-refractivity contribution is 5.71. The third-order valence-corrected chi connectivity index (χ3v) is 8.83. The van der Waals surface area contributed by atoms with E-state index in [1.165, 1.54) is 44.9 Å². The van der Waals surface area contributed by atoms with Gasteiger partial charge >= 0.3 is 23.9 Å². The van der Waals surface area contributed by atoms with Crippen LogP contribution in [0.15, 0.2) is 0 Å². The van der Waals surface area contributed by atoms with Crippen LogP contribution in [0.5, 0.6) is 0 Å². The van der Waals surface area contributed by atoms with Crippen LogP contribution in [0, 0.1) is 11.8 Å². The van der Waals surface area contributed by atoms with Crippen molar-refractivity contribution in [2.75, 3.05) is 6.61 Å². The minimum absolute atomic E-state index is 0.0380. The molecule has 0 aliphatic rings. The minimum atomic E-state index is -0.870. The van der Waals surface area contributed by atoms with Crippen LogP contribution in [-0.2, 0) is 28.7 Å². The summed E-state index contributed by atoms with van der Waals surface area (Å²) in [6.07, 6.45) is 21.3. The van der Waals surface area contributed by atoms with Gasteiger partial charge in [0, 0.05) is 32.3 Å². The number of unbranched alkanes of at least 4 members (excludes halogenated alkanes) is 5. The molecular formula is C40H78O9. The van der Waals surface area contributed by atoms with E-state index in [4.69, 9.17) is 24.8 Å². The standard InChI is InChI=1S/C26H50O4.C8H18O.C6H10O4/c1-6-11-16-22(9-4)20-21-24(17-12-7-2)30-26(28)19-14-13-18-25(27)29-23(10-5)15-8-3;1-3-5-6-8(4-2)7-9;7-5(8)3-1-2-4-6(9)10/h22-24H,6-21H2,1-5H3;8-9H,3-7H2,1-2H3;1-4H2,(H,7,8)(H,9,10). The average Bonchev–Trinajstić information content (AvgIpc) is 3.08. The monoisotopic (exact) mass is 703 g/mol. The van der Waals surface area contributed by atoms with Crippen LogP contribution in [0.3, 0.4) is 0 Å². The van der Waals surface area contributed by atoms with Crippen molar-refractivity contribution in [1.29, 1.82) is 0 Å². The van der Waals surface area contributed by atoms with Crippen molar-refractivity contribution in [2.24, 2.45) is 11.8 Å². The van der Waals surface area contributed by atoms with Gasteiger partial charge in [0.2, 0.25) is 0 Å². The predicted molar refractivity (Wildman–Crippen MR) is 200 cm³/mol. The summed E-state index contributed by atoms with van der Waals surface area (Å²) in [4.78, 5) is 44.1. The van der Waals surface area contributed by atoms with Crippen LogP contribution < -0.4 is 0 Å². The Bertz CT molecular complexity index is 751. The average molecular weight is 703 g/mol. The molecule has 0 fully saturated rings. The number of carbonyl (C=O) groups excluding carboxylic acids is 2. The molecule has 0 aromatic carbocycles. The number of ether oxygens (including phenoxy) is 2. The van der Waals surface area contributed by atoms with E-state index in [0.717, 1.165) is 63.7 Å². The Morgan fingerprint density at radius 3 is 1.27 bits per heavy atom. The molecule has 0 radical (unpaired) electrons. The molecule has 0 heterocycles. The number of hydrogen-bond donors (Lipinski definition) is 3. The summed E-state index contributed by atoms with van der Waals surface area (Å²) in [6, 6.07) is 0. The van der Waals surface area contributed by atoms with E-state index in [0.29, 0.717) is 51.0 Å². The zero-order valence-corrected chi connectivity index (χ0v) is 32.8. The summed E-state index contributed by atoms with van der Waals surface area (Å²) < 4.78 is 11.3. The van der Waals surface area contributed by atoms with Crippen LogP contribution in [0.2, 0.25) is 0 Å². The fraction of sp³-hybridized carbons (Fsp3) is 0.900. The number of esters is 2. The van der Waals surface area contributed by atoms with Gasteiger partial charge in [-0.05, 0) is 76.0 Å². The molecule has 0 rings (SSSR count). The van der Waals surface area contributed by atoms with E-state index in [2.05, 4.69) is 41.5 Å². The maximum atomic E-state index is 12.3. The smallest absolute Gasteiger partial charge is 0.306 e. The molecule has 0 aliphatic carbocycles. The van der Waals surface area contributed by atoms with Crippen LogP contribution in [0.4, 0.5) is 0 Å². The van der Waals surface area contributed by atoms with Crippen LogP contribution in [0.1, 0.15) is 203 Å². The number of aliphatic carboxylic acids is 2. The highest BCUT2D eigenvalue weighted by atomic mass is 16.5. The number of rotatable bonds is 30. The largest absolute Gasteiger partial charge is 0.481 e. The molecule has 4 unspecified atom stereocenters. The van der Waals surface area contributed by atoms with Crippen LogP contribution in [0.25, 0.3) is 0 Å². The second-order valence-corrected chi connectivity index (χ2v) is 13.4. The molecule has 0 spiro atoms. The molecule has 3 N–H and O–H groups in total. The Morgan fingerprint density at radius 2 is 0.878 bits per heavy atom. The van der Waals surface area contributed by atoms with Gasteiger partial charge in [0.1, 0.15) is 12.2 Å². The lowest BCUT2D eigenvalue weighted by atomic mass is 9.92. The van der Waals surface area contributed by atoms with E-state index < -0.39 is 11.9 Å². The van der Waals surface area contributed by atoms with Crippen molar-refractivity contribution in [3.05, 3.63) is 0 Å². The number of carbonyl (C=O) groups is 4. The van der Waals surface area contributed by atoms with Crippen molar-refractivity contribution in [1.82, 2.24) is 0 Å². The minimum Gasteiger partial charge on any atom is -0.481 e. The SMILES string of the molecule is CCCCC(CC)CCC(CCCC)OC(=O)CCCCC(=O)OC(CC)CCC.CCCCC(CC)CO.O=C(O)CCCCC(=O)O. The van der Waals surface area contributed by atoms with Crippen LogP contribution in [-0.4, -0.2) is 58.0 Å². The summed E-state index contributed by atoms with van der Waals surface area (Å²) in [6.45, 7) is 15.5. The van der Waals surface area contributed by atoms with Gasteiger partial charge in [0.05, 0.1) is 0 Å². The fourth-order valence-electron chi connectivity index (χ4n) is 5.33. The van der Waals surface area contributed by atoms with Gasteiger partial charge in [0.15, 0.2) is 0 Å². The maximum Gasteiger partial charge on any atom is 0.306 e. The van der Waals surface area contributed by atoms with E-state index in [9.17, 15) is 19.2 Å². The molecule has 0 amide bonds. The quantitative estimate of drug-likeness (QED) is 0.0491. The molecule has 49 heavy (non-hydrogen) atoms. The third kappa shape index (κ3) is 38.5. The lowest BCUT2D eigenvalue weighted by Gasteiger charge is -2.21. The van der Waals surface area contributed by atoms with Crippen molar-refractivity contribution < 1.29 is 44.0 Å². The number of aliphatic hydroxyl groups is 1. The first-order chi connectivity index (χ1) is 23.5. The topological polar surface area (TPSA) is 147 Å². The summed E-state index contributed by atoms with van der Waals surface area (Å²) >= 11 is 0. The van der Waals surface area contributed by atoms with Crippen molar-refractivity contribution in [3.8, 4) is 0 Å². The van der Waals surface area contributed by atoms with E-state index >= 15 is 0 Å². The highest BCUT2D eigenvalue weighted by Gasteiger charge is 2.17. The third-order valence-electron chi connectivity index (χ3n) is 8.83. The highest BCUT2D eigenvalue weighted by Crippen LogP contribution is 2.23. The lowest BCUT2D eigenvalue weighted by Crippen LogP contribution is -2.20. The molecule has 0 saturated heterocycles. The van der Waals surface area contributed by atoms with Gasteiger partial charge < -0.3 is 24.8 Å². The molecule has 292 valence electrons. The molecule has 0 aromatic heterocycles. The van der Waals surface area contributed by atoms with E-state index in [1.54, 1.807) is 0 Å². The Hall–Kier alpha value is -2.16. The van der Waals surface area contributed by atoms with Gasteiger partial charge in [-0.3, -0.25) is 19.2 Å². The summed E-state index contributed by atoms with van der Waals surface area (Å²) in [5.41, 5.74) is 0. The zero-order valence-electron chi connectivity index (χ0n) is 32.8. The second-order valence-electron chi connectivity index (χ2n) is 13.4. The van der Waals surface area contributed by atoms with Gasteiger partial charge in [-0.2, -0.15) is 0 Å². The Labute approximate surface area is 300 Å². The molecule has 9 nitrogen and oxygen atoms in total. The summed E-state index contributed by atoms with van der Waals surface area (Å²) in [7, 11) is 0. The number of carboxylic acids is 2. The maximum absolute atomic E-state index is 12.3. The molecule has 0 saturated carbocycles. The Balaban J connectivity index is -0.000000900. The fourth-order valence-corrected chi connectivity index (χ4v) is 5.33. The first-order valence-corrected chi connectivity index (χ1v) is 19.9. The Kier molecular flexibility index (Phi) is 40.4. The molecular weight excluding hydrogens is 624 g/mol. The van der Waals surface area contributed by atoms with E-state index in [-0.39, 0.29) is 37.0 Å². The summed E-state index contributed by atoms with van der Waals surface area (Å²) in [5.74, 6) is -0.676. The Morgan fingerprint density at radius 1 is 0.449 bits per heavy atom. The van der Waals surface area contributed by atoms with Gasteiger partial charge in [-0.25, -0.2) is 0 Å². The van der Waals surface area contributed by atoms with Gasteiger partial charge in [-0.15, -0.1) is 0 Å². The normalized spacial score (nSPS) is 13.1. The molecule has 0 bridgehead atoms. The van der Waals surface area contributed by atoms with Gasteiger partial charge in [-0.1, -0.05) is 113 Å². The summed E-state index contributed by atoms with van der Waals surface area (Å²) in [5, 5.41) is 25.0. The zero-order chi connectivity index (χ0) is 37.7. The first kappa shape index (κ1) is 51.2.